The Hall–Kier alpha value is -3.45. The summed E-state index contributed by atoms with van der Waals surface area (Å²) in [5.74, 6) is -0.0615. The average molecular weight is 432 g/mol. The second-order valence-electron chi connectivity index (χ2n) is 8.18. The minimum Gasteiger partial charge on any atom is -0.348 e. The number of hydrogen-bond acceptors (Lipinski definition) is 4. The zero-order valence-corrected chi connectivity index (χ0v) is 18.2. The number of benzene rings is 2. The molecule has 0 spiro atoms. The van der Waals surface area contributed by atoms with Crippen molar-refractivity contribution in [2.24, 2.45) is 5.73 Å². The maximum atomic E-state index is 12.6. The average Bonchev–Trinajstić information content (AvgIpc) is 3.32. The summed E-state index contributed by atoms with van der Waals surface area (Å²) in [6, 6.07) is 15.5. The quantitative estimate of drug-likeness (QED) is 0.602. The first-order chi connectivity index (χ1) is 15.6. The van der Waals surface area contributed by atoms with Crippen molar-refractivity contribution in [1.82, 2.24) is 20.0 Å². The predicted molar refractivity (Wildman–Crippen MR) is 123 cm³/mol. The highest BCUT2D eigenvalue weighted by atomic mass is 16.2. The molecule has 3 aromatic rings. The van der Waals surface area contributed by atoms with Crippen LogP contribution in [0.5, 0.6) is 0 Å². The Morgan fingerprint density at radius 1 is 0.875 bits per heavy atom. The Bertz CT molecular complexity index is 1050. The third-order valence-corrected chi connectivity index (χ3v) is 5.80. The van der Waals surface area contributed by atoms with Crippen LogP contribution < -0.4 is 11.1 Å². The third kappa shape index (κ3) is 5.42. The molecule has 1 aliphatic rings. The SMILES string of the molecule is NCc1ccc(CNC(=O)c2cnn(Cc3ccc(C(=O)N4CCCCC4)cc3)c2)cc1. The smallest absolute Gasteiger partial charge is 0.254 e. The number of nitrogens with two attached hydrogens (primary N) is 1. The molecule has 7 nitrogen and oxygen atoms in total. The van der Waals surface area contributed by atoms with E-state index >= 15 is 0 Å². The number of nitrogens with one attached hydrogen (secondary N) is 1. The number of hydrogen-bond donors (Lipinski definition) is 2. The van der Waals surface area contributed by atoms with Crippen LogP contribution in [-0.2, 0) is 19.6 Å². The summed E-state index contributed by atoms with van der Waals surface area (Å²) in [5, 5.41) is 7.22. The van der Waals surface area contributed by atoms with Gasteiger partial charge < -0.3 is 16.0 Å². The topological polar surface area (TPSA) is 93.2 Å². The zero-order valence-electron chi connectivity index (χ0n) is 18.2. The summed E-state index contributed by atoms with van der Waals surface area (Å²) in [4.78, 5) is 27.0. The second-order valence-corrected chi connectivity index (χ2v) is 8.18. The lowest BCUT2D eigenvalue weighted by Crippen LogP contribution is -2.35. The maximum Gasteiger partial charge on any atom is 0.254 e. The standard InChI is InChI=1S/C25H29N5O2/c26-14-19-4-6-20(7-5-19)15-27-24(31)23-16-28-30(18-23)17-21-8-10-22(11-9-21)25(32)29-12-2-1-3-13-29/h4-11,16,18H,1-3,12-15,17,26H2,(H,27,31). The molecule has 2 aromatic carbocycles. The third-order valence-electron chi connectivity index (χ3n) is 5.80. The van der Waals surface area contributed by atoms with E-state index in [1.54, 1.807) is 17.1 Å². The number of carbonyl (C=O) groups excluding carboxylic acids is 2. The summed E-state index contributed by atoms with van der Waals surface area (Å²) < 4.78 is 1.73. The number of aromatic nitrogens is 2. The molecule has 32 heavy (non-hydrogen) atoms. The molecule has 0 unspecified atom stereocenters. The van der Waals surface area contributed by atoms with Gasteiger partial charge in [-0.1, -0.05) is 36.4 Å². The predicted octanol–water partition coefficient (Wildman–Crippen LogP) is 2.95. The minimum absolute atomic E-state index is 0.104. The van der Waals surface area contributed by atoms with Crippen LogP contribution in [0.1, 0.15) is 56.7 Å². The number of rotatable bonds is 7. The fraction of sp³-hybridized carbons (Fsp3) is 0.320. The largest absolute Gasteiger partial charge is 0.348 e. The van der Waals surface area contributed by atoms with E-state index in [1.807, 2.05) is 53.4 Å². The van der Waals surface area contributed by atoms with Gasteiger partial charge in [0, 0.05) is 37.9 Å². The Labute approximate surface area is 188 Å². The van der Waals surface area contributed by atoms with Gasteiger partial charge >= 0.3 is 0 Å². The molecule has 0 radical (unpaired) electrons. The van der Waals surface area contributed by atoms with Crippen molar-refractivity contribution in [3.05, 3.63) is 88.7 Å². The molecule has 1 aliphatic heterocycles. The number of amides is 2. The molecular weight excluding hydrogens is 402 g/mol. The molecule has 3 N–H and O–H groups in total. The molecule has 1 fully saturated rings. The molecule has 2 heterocycles. The molecule has 0 atom stereocenters. The van der Waals surface area contributed by atoms with E-state index in [-0.39, 0.29) is 11.8 Å². The van der Waals surface area contributed by atoms with Gasteiger partial charge in [0.15, 0.2) is 0 Å². The van der Waals surface area contributed by atoms with Gasteiger partial charge in [-0.3, -0.25) is 14.3 Å². The molecule has 0 saturated carbocycles. The van der Waals surface area contributed by atoms with E-state index in [9.17, 15) is 9.59 Å². The Balaban J connectivity index is 1.31. The summed E-state index contributed by atoms with van der Waals surface area (Å²) in [5.41, 5.74) is 9.94. The lowest BCUT2D eigenvalue weighted by molar-refractivity contribution is 0.0724. The molecule has 1 saturated heterocycles. The van der Waals surface area contributed by atoms with Crippen molar-refractivity contribution in [1.29, 1.82) is 0 Å². The lowest BCUT2D eigenvalue weighted by Gasteiger charge is -2.26. The Kier molecular flexibility index (Phi) is 6.97. The minimum atomic E-state index is -0.165. The Morgan fingerprint density at radius 3 is 2.22 bits per heavy atom. The van der Waals surface area contributed by atoms with Crippen LogP contribution in [-0.4, -0.2) is 39.6 Å². The zero-order chi connectivity index (χ0) is 22.3. The van der Waals surface area contributed by atoms with Crippen molar-refractivity contribution in [3.63, 3.8) is 0 Å². The summed E-state index contributed by atoms with van der Waals surface area (Å²) in [6.45, 7) is 3.17. The maximum absolute atomic E-state index is 12.6. The fourth-order valence-corrected chi connectivity index (χ4v) is 3.86. The molecule has 4 rings (SSSR count). The number of nitrogens with zero attached hydrogens (tertiary/aromatic N) is 3. The van der Waals surface area contributed by atoms with Crippen molar-refractivity contribution in [2.75, 3.05) is 13.1 Å². The van der Waals surface area contributed by atoms with E-state index in [4.69, 9.17) is 5.73 Å². The van der Waals surface area contributed by atoms with Crippen molar-refractivity contribution >= 4 is 11.8 Å². The van der Waals surface area contributed by atoms with Gasteiger partial charge in [-0.2, -0.15) is 5.10 Å². The van der Waals surface area contributed by atoms with E-state index < -0.39 is 0 Å². The molecule has 0 aliphatic carbocycles. The van der Waals surface area contributed by atoms with Gasteiger partial charge in [-0.15, -0.1) is 0 Å². The van der Waals surface area contributed by atoms with E-state index in [1.165, 1.54) is 6.42 Å². The van der Waals surface area contributed by atoms with Gasteiger partial charge in [0.05, 0.1) is 18.3 Å². The summed E-state index contributed by atoms with van der Waals surface area (Å²) in [7, 11) is 0. The number of carbonyl (C=O) groups is 2. The van der Waals surface area contributed by atoms with Crippen LogP contribution in [0.3, 0.4) is 0 Å². The van der Waals surface area contributed by atoms with Gasteiger partial charge in [0.2, 0.25) is 0 Å². The lowest BCUT2D eigenvalue weighted by atomic mass is 10.1. The highest BCUT2D eigenvalue weighted by molar-refractivity contribution is 5.94. The van der Waals surface area contributed by atoms with Crippen LogP contribution in [0.4, 0.5) is 0 Å². The number of likely N-dealkylation sites (tertiary alicyclic amines) is 1. The van der Waals surface area contributed by atoms with Crippen LogP contribution in [0.25, 0.3) is 0 Å². The monoisotopic (exact) mass is 431 g/mol. The summed E-state index contributed by atoms with van der Waals surface area (Å²) >= 11 is 0. The fourth-order valence-electron chi connectivity index (χ4n) is 3.86. The molecular formula is C25H29N5O2. The van der Waals surface area contributed by atoms with Gasteiger partial charge in [-0.05, 0) is 48.1 Å². The van der Waals surface area contributed by atoms with Crippen LogP contribution >= 0.6 is 0 Å². The van der Waals surface area contributed by atoms with Crippen LogP contribution in [0, 0.1) is 0 Å². The first-order valence-electron chi connectivity index (χ1n) is 11.1. The van der Waals surface area contributed by atoms with E-state index in [2.05, 4.69) is 10.4 Å². The molecule has 7 heteroatoms. The van der Waals surface area contributed by atoms with Gasteiger partial charge in [0.1, 0.15) is 0 Å². The highest BCUT2D eigenvalue weighted by Gasteiger charge is 2.18. The highest BCUT2D eigenvalue weighted by Crippen LogP contribution is 2.14. The van der Waals surface area contributed by atoms with Crippen LogP contribution in [0.2, 0.25) is 0 Å². The molecule has 166 valence electrons. The van der Waals surface area contributed by atoms with E-state index in [0.29, 0.717) is 25.2 Å². The van der Waals surface area contributed by atoms with Crippen molar-refractivity contribution in [2.45, 2.75) is 38.9 Å². The van der Waals surface area contributed by atoms with Crippen molar-refractivity contribution < 1.29 is 9.59 Å². The second kappa shape index (κ2) is 10.2. The first kappa shape index (κ1) is 21.8. The Morgan fingerprint density at radius 2 is 1.53 bits per heavy atom. The first-order valence-corrected chi connectivity index (χ1v) is 11.1. The number of piperidine rings is 1. The van der Waals surface area contributed by atoms with Gasteiger partial charge in [0.25, 0.3) is 11.8 Å². The molecule has 2 amide bonds. The van der Waals surface area contributed by atoms with E-state index in [0.717, 1.165) is 48.2 Å². The molecule has 1 aromatic heterocycles. The van der Waals surface area contributed by atoms with Crippen molar-refractivity contribution in [3.8, 4) is 0 Å². The molecule has 0 bridgehead atoms. The summed E-state index contributed by atoms with van der Waals surface area (Å²) in [6.07, 6.45) is 6.68. The van der Waals surface area contributed by atoms with Gasteiger partial charge in [-0.25, -0.2) is 0 Å². The normalized spacial score (nSPS) is 13.7. The van der Waals surface area contributed by atoms with Crippen LogP contribution in [0.15, 0.2) is 60.9 Å².